The third-order valence-electron chi connectivity index (χ3n) is 8.49. The van der Waals surface area contributed by atoms with E-state index in [1.807, 2.05) is 42.5 Å². The highest BCUT2D eigenvalue weighted by atomic mass is 32.1. The minimum atomic E-state index is -0.644. The van der Waals surface area contributed by atoms with Crippen molar-refractivity contribution < 1.29 is 33.0 Å². The lowest BCUT2D eigenvalue weighted by molar-refractivity contribution is -0.136. The number of nitrogens with zero attached hydrogens (tertiary/aromatic N) is 3. The van der Waals surface area contributed by atoms with E-state index < -0.39 is 11.9 Å². The van der Waals surface area contributed by atoms with Crippen LogP contribution in [-0.2, 0) is 25.6 Å². The largest absolute Gasteiger partial charge is 0.491 e. The first-order valence-corrected chi connectivity index (χ1v) is 17.2. The second kappa shape index (κ2) is 15.1. The van der Waals surface area contributed by atoms with Crippen molar-refractivity contribution in [3.63, 3.8) is 0 Å². The monoisotopic (exact) mass is 695 g/mol. The van der Waals surface area contributed by atoms with Gasteiger partial charge in [-0.2, -0.15) is 0 Å². The van der Waals surface area contributed by atoms with Gasteiger partial charge in [-0.05, 0) is 71.6 Å². The molecule has 2 N–H and O–H groups in total. The number of halogens is 1. The molecule has 3 aromatic carbocycles. The Morgan fingerprint density at radius 3 is 2.52 bits per heavy atom. The second-order valence-electron chi connectivity index (χ2n) is 11.9. The van der Waals surface area contributed by atoms with Crippen LogP contribution >= 0.6 is 11.3 Å². The molecule has 1 unspecified atom stereocenters. The fourth-order valence-corrected chi connectivity index (χ4v) is 6.96. The van der Waals surface area contributed by atoms with Gasteiger partial charge in [-0.1, -0.05) is 24.3 Å². The van der Waals surface area contributed by atoms with Crippen LogP contribution in [0.4, 0.5) is 10.2 Å². The highest BCUT2D eigenvalue weighted by Crippen LogP contribution is 2.33. The normalized spacial score (nSPS) is 15.7. The molecule has 5 aromatic rings. The number of piperidine rings is 1. The Bertz CT molecular complexity index is 2040. The number of carbonyl (C=O) groups is 3. The molecule has 0 radical (unpaired) electrons. The number of amides is 3. The molecule has 3 amide bonds. The first-order valence-electron chi connectivity index (χ1n) is 16.3. The van der Waals surface area contributed by atoms with Gasteiger partial charge in [0.15, 0.2) is 0 Å². The fraction of sp³-hybridized carbons (Fsp3) is 0.270. The number of fused-ring (bicyclic) bond motifs is 2. The number of carbonyl (C=O) groups excluding carboxylic acids is 3. The van der Waals surface area contributed by atoms with E-state index in [9.17, 15) is 18.8 Å². The number of hydrogen-bond donors (Lipinski definition) is 2. The predicted octanol–water partition coefficient (Wildman–Crippen LogP) is 5.45. The molecule has 0 aliphatic carbocycles. The number of hydrogen-bond acceptors (Lipinski definition) is 10. The Balaban J connectivity index is 0.782. The van der Waals surface area contributed by atoms with Gasteiger partial charge >= 0.3 is 0 Å². The molecule has 1 saturated heterocycles. The zero-order chi connectivity index (χ0) is 34.5. The Hall–Kier alpha value is -5.24. The number of imide groups is 1. The lowest BCUT2D eigenvalue weighted by Gasteiger charge is -2.29. The minimum Gasteiger partial charge on any atom is -0.491 e. The zero-order valence-corrected chi connectivity index (χ0v) is 27.8. The summed E-state index contributed by atoms with van der Waals surface area (Å²) >= 11 is 1.47. The summed E-state index contributed by atoms with van der Waals surface area (Å²) in [6, 6.07) is 21.3. The average molecular weight is 696 g/mol. The van der Waals surface area contributed by atoms with Crippen LogP contribution in [0.25, 0.3) is 31.9 Å². The van der Waals surface area contributed by atoms with E-state index in [-0.39, 0.29) is 24.1 Å². The van der Waals surface area contributed by atoms with Crippen molar-refractivity contribution in [2.75, 3.05) is 44.9 Å². The van der Waals surface area contributed by atoms with Crippen LogP contribution in [0.2, 0.25) is 0 Å². The van der Waals surface area contributed by atoms with Gasteiger partial charge in [-0.15, -0.1) is 11.3 Å². The molecule has 0 bridgehead atoms. The highest BCUT2D eigenvalue weighted by molar-refractivity contribution is 7.21. The van der Waals surface area contributed by atoms with Crippen LogP contribution < -0.4 is 15.4 Å². The lowest BCUT2D eigenvalue weighted by atomic mass is 10.0. The van der Waals surface area contributed by atoms with Gasteiger partial charge in [0.05, 0.1) is 36.6 Å². The molecule has 2 aliphatic rings. The number of benzene rings is 3. The number of nitrogens with one attached hydrogen (secondary N) is 2. The molecule has 4 heterocycles. The van der Waals surface area contributed by atoms with Gasteiger partial charge in [0.2, 0.25) is 11.8 Å². The van der Waals surface area contributed by atoms with E-state index in [0.717, 1.165) is 43.3 Å². The second-order valence-corrected chi connectivity index (χ2v) is 12.9. The summed E-state index contributed by atoms with van der Waals surface area (Å²) in [5, 5.41) is 6.46. The molecule has 256 valence electrons. The van der Waals surface area contributed by atoms with E-state index >= 15 is 0 Å². The predicted molar refractivity (Wildman–Crippen MR) is 186 cm³/mol. The first-order chi connectivity index (χ1) is 24.4. The summed E-state index contributed by atoms with van der Waals surface area (Å²) in [4.78, 5) is 47.1. The SMILES string of the molecule is O=C1CCC(N2Cc3cc(OCCOCCOCCNc4cc(-c5ccc(-c6nc7ccc(F)cc7s6)cc5)ccn4)ccc3C2=O)C(=O)N1. The van der Waals surface area contributed by atoms with Crippen LogP contribution in [0.5, 0.6) is 5.75 Å². The third kappa shape index (κ3) is 7.65. The van der Waals surface area contributed by atoms with Crippen molar-refractivity contribution >= 4 is 45.1 Å². The van der Waals surface area contributed by atoms with Crippen LogP contribution in [0.3, 0.4) is 0 Å². The number of aromatic nitrogens is 2. The summed E-state index contributed by atoms with van der Waals surface area (Å²) in [5.41, 5.74) is 5.18. The summed E-state index contributed by atoms with van der Waals surface area (Å²) in [5.74, 6) is 0.149. The number of pyridine rings is 1. The van der Waals surface area contributed by atoms with Gasteiger partial charge in [-0.25, -0.2) is 14.4 Å². The molecule has 2 aliphatic heterocycles. The molecule has 7 rings (SSSR count). The summed E-state index contributed by atoms with van der Waals surface area (Å²) in [6.07, 6.45) is 2.31. The first kappa shape index (κ1) is 33.3. The number of thiazole rings is 1. The number of anilines is 1. The molecule has 2 aromatic heterocycles. The van der Waals surface area contributed by atoms with Crippen molar-refractivity contribution in [2.24, 2.45) is 0 Å². The Morgan fingerprint density at radius 2 is 1.68 bits per heavy atom. The Kier molecular flexibility index (Phi) is 10.1. The van der Waals surface area contributed by atoms with Crippen LogP contribution in [0.15, 0.2) is 79.0 Å². The van der Waals surface area contributed by atoms with Crippen LogP contribution in [-0.4, -0.2) is 78.2 Å². The maximum atomic E-state index is 13.6. The van der Waals surface area contributed by atoms with Gasteiger partial charge in [-0.3, -0.25) is 19.7 Å². The zero-order valence-electron chi connectivity index (χ0n) is 27.0. The third-order valence-corrected chi connectivity index (χ3v) is 9.56. The Labute approximate surface area is 291 Å². The summed E-state index contributed by atoms with van der Waals surface area (Å²) in [7, 11) is 0. The van der Waals surface area contributed by atoms with E-state index in [0.29, 0.717) is 63.9 Å². The van der Waals surface area contributed by atoms with Gasteiger partial charge in [0, 0.05) is 36.8 Å². The standard InChI is InChI=1S/C37H34FN5O6S/c38-27-5-8-30-32(21-27)50-36(41-30)24-3-1-23(2-4-24)25-11-12-39-33(20-25)40-13-14-47-15-16-48-17-18-49-28-6-7-29-26(19-28)22-43(37(29)46)31-9-10-34(44)42-35(31)45/h1-8,11-12,19-21,31H,9-10,13-18,22H2,(H,39,40)(H,42,44,45). The van der Waals surface area contributed by atoms with E-state index in [1.165, 1.54) is 28.4 Å². The van der Waals surface area contributed by atoms with E-state index in [1.54, 1.807) is 24.4 Å². The molecule has 0 saturated carbocycles. The van der Waals surface area contributed by atoms with Crippen molar-refractivity contribution in [3.05, 3.63) is 95.9 Å². The molecular formula is C37H34FN5O6S. The van der Waals surface area contributed by atoms with Gasteiger partial charge in [0.1, 0.15) is 35.0 Å². The minimum absolute atomic E-state index is 0.214. The molecule has 11 nitrogen and oxygen atoms in total. The lowest BCUT2D eigenvalue weighted by Crippen LogP contribution is -2.52. The van der Waals surface area contributed by atoms with Crippen LogP contribution in [0.1, 0.15) is 28.8 Å². The van der Waals surface area contributed by atoms with Gasteiger partial charge < -0.3 is 24.4 Å². The molecular weight excluding hydrogens is 662 g/mol. The highest BCUT2D eigenvalue weighted by Gasteiger charge is 2.39. The maximum Gasteiger partial charge on any atom is 0.255 e. The van der Waals surface area contributed by atoms with Crippen molar-refractivity contribution in [3.8, 4) is 27.4 Å². The number of ether oxygens (including phenoxy) is 3. The average Bonchev–Trinajstić information content (AvgIpc) is 3.69. The summed E-state index contributed by atoms with van der Waals surface area (Å²) < 4.78 is 31.5. The van der Waals surface area contributed by atoms with Gasteiger partial charge in [0.25, 0.3) is 5.91 Å². The van der Waals surface area contributed by atoms with Crippen molar-refractivity contribution in [1.29, 1.82) is 0 Å². The topological polar surface area (TPSA) is 132 Å². The van der Waals surface area contributed by atoms with Crippen LogP contribution in [0, 0.1) is 5.82 Å². The van der Waals surface area contributed by atoms with E-state index in [2.05, 4.69) is 20.6 Å². The molecule has 1 fully saturated rings. The molecule has 0 spiro atoms. The summed E-state index contributed by atoms with van der Waals surface area (Å²) in [6.45, 7) is 2.92. The van der Waals surface area contributed by atoms with E-state index in [4.69, 9.17) is 14.2 Å². The maximum absolute atomic E-state index is 13.6. The van der Waals surface area contributed by atoms with Crippen molar-refractivity contribution in [2.45, 2.75) is 25.4 Å². The quantitative estimate of drug-likeness (QED) is 0.115. The number of rotatable bonds is 14. The molecule has 13 heteroatoms. The molecule has 50 heavy (non-hydrogen) atoms. The van der Waals surface area contributed by atoms with Crippen molar-refractivity contribution in [1.82, 2.24) is 20.2 Å². The molecule has 1 atom stereocenters. The Morgan fingerprint density at radius 1 is 0.880 bits per heavy atom. The fourth-order valence-electron chi connectivity index (χ4n) is 5.97. The smallest absolute Gasteiger partial charge is 0.255 e.